The third kappa shape index (κ3) is 3.81. The molecule has 1 aliphatic rings. The van der Waals surface area contributed by atoms with Crippen molar-refractivity contribution in [1.29, 1.82) is 0 Å². The molecule has 0 bridgehead atoms. The van der Waals surface area contributed by atoms with Crippen molar-refractivity contribution in [2.24, 2.45) is 0 Å². The van der Waals surface area contributed by atoms with Gasteiger partial charge in [0.1, 0.15) is 0 Å². The standard InChI is InChI=1S/C14H21N3O3S/c1-2-15-12-14(18)16-8-10-17(11-9-16)21(19,20)13-6-4-3-5-7-13/h3-7,15H,2,8-12H2,1H3. The Hall–Kier alpha value is -1.44. The number of rotatable bonds is 5. The van der Waals surface area contributed by atoms with E-state index in [4.69, 9.17) is 0 Å². The first-order chi connectivity index (χ1) is 10.1. The van der Waals surface area contributed by atoms with Crippen molar-refractivity contribution < 1.29 is 13.2 Å². The highest BCUT2D eigenvalue weighted by atomic mass is 32.2. The molecule has 0 aliphatic carbocycles. The van der Waals surface area contributed by atoms with Crippen molar-refractivity contribution in [3.8, 4) is 0 Å². The number of carbonyl (C=O) groups is 1. The number of hydrogen-bond acceptors (Lipinski definition) is 4. The monoisotopic (exact) mass is 311 g/mol. The van der Waals surface area contributed by atoms with Gasteiger partial charge < -0.3 is 10.2 Å². The van der Waals surface area contributed by atoms with Gasteiger partial charge in [-0.3, -0.25) is 4.79 Å². The van der Waals surface area contributed by atoms with Gasteiger partial charge in [-0.05, 0) is 18.7 Å². The van der Waals surface area contributed by atoms with E-state index in [9.17, 15) is 13.2 Å². The Labute approximate surface area is 125 Å². The molecule has 0 aromatic heterocycles. The Morgan fingerprint density at radius 2 is 1.76 bits per heavy atom. The summed E-state index contributed by atoms with van der Waals surface area (Å²) in [4.78, 5) is 13.9. The van der Waals surface area contributed by atoms with Crippen LogP contribution in [0.5, 0.6) is 0 Å². The molecular weight excluding hydrogens is 290 g/mol. The molecule has 0 spiro atoms. The summed E-state index contributed by atoms with van der Waals surface area (Å²) in [6.45, 7) is 4.56. The zero-order valence-electron chi connectivity index (χ0n) is 12.2. The lowest BCUT2D eigenvalue weighted by molar-refractivity contribution is -0.131. The number of benzene rings is 1. The zero-order chi connectivity index (χ0) is 15.3. The van der Waals surface area contributed by atoms with E-state index in [-0.39, 0.29) is 5.91 Å². The van der Waals surface area contributed by atoms with E-state index in [1.807, 2.05) is 6.92 Å². The Kier molecular flexibility index (Phi) is 5.33. The van der Waals surface area contributed by atoms with Crippen molar-refractivity contribution >= 4 is 15.9 Å². The van der Waals surface area contributed by atoms with Crippen LogP contribution in [0.4, 0.5) is 0 Å². The summed E-state index contributed by atoms with van der Waals surface area (Å²) in [7, 11) is -3.45. The molecule has 1 heterocycles. The minimum atomic E-state index is -3.45. The van der Waals surface area contributed by atoms with E-state index >= 15 is 0 Å². The normalized spacial score (nSPS) is 16.9. The lowest BCUT2D eigenvalue weighted by Crippen LogP contribution is -2.52. The maximum Gasteiger partial charge on any atom is 0.243 e. The minimum Gasteiger partial charge on any atom is -0.339 e. The first-order valence-electron chi connectivity index (χ1n) is 7.09. The fraction of sp³-hybridized carbons (Fsp3) is 0.500. The number of nitrogens with zero attached hydrogens (tertiary/aromatic N) is 2. The van der Waals surface area contributed by atoms with E-state index in [2.05, 4.69) is 5.32 Å². The van der Waals surface area contributed by atoms with Crippen molar-refractivity contribution in [1.82, 2.24) is 14.5 Å². The smallest absolute Gasteiger partial charge is 0.243 e. The molecule has 1 N–H and O–H groups in total. The number of likely N-dealkylation sites (N-methyl/N-ethyl adjacent to an activating group) is 1. The van der Waals surface area contributed by atoms with Crippen LogP contribution in [-0.2, 0) is 14.8 Å². The summed E-state index contributed by atoms with van der Waals surface area (Å²) in [5.74, 6) is 0.0219. The van der Waals surface area contributed by atoms with Crippen molar-refractivity contribution in [3.63, 3.8) is 0 Å². The molecule has 6 nitrogen and oxygen atoms in total. The van der Waals surface area contributed by atoms with Gasteiger partial charge in [-0.15, -0.1) is 0 Å². The van der Waals surface area contributed by atoms with E-state index in [1.54, 1.807) is 35.2 Å². The Morgan fingerprint density at radius 3 is 2.33 bits per heavy atom. The van der Waals surface area contributed by atoms with Gasteiger partial charge in [-0.1, -0.05) is 25.1 Å². The van der Waals surface area contributed by atoms with E-state index in [1.165, 1.54) is 4.31 Å². The number of nitrogens with one attached hydrogen (secondary N) is 1. The summed E-state index contributed by atoms with van der Waals surface area (Å²) in [6, 6.07) is 8.40. The molecular formula is C14H21N3O3S. The zero-order valence-corrected chi connectivity index (χ0v) is 13.0. The van der Waals surface area contributed by atoms with Crippen molar-refractivity contribution in [3.05, 3.63) is 30.3 Å². The van der Waals surface area contributed by atoms with E-state index < -0.39 is 10.0 Å². The van der Waals surface area contributed by atoms with Gasteiger partial charge in [0.2, 0.25) is 15.9 Å². The highest BCUT2D eigenvalue weighted by Crippen LogP contribution is 2.17. The first-order valence-corrected chi connectivity index (χ1v) is 8.53. The molecule has 116 valence electrons. The topological polar surface area (TPSA) is 69.7 Å². The Balaban J connectivity index is 1.96. The SMILES string of the molecule is CCNCC(=O)N1CCN(S(=O)(=O)c2ccccc2)CC1. The molecule has 7 heteroatoms. The lowest BCUT2D eigenvalue weighted by Gasteiger charge is -2.34. The predicted molar refractivity (Wildman–Crippen MR) is 80.3 cm³/mol. The molecule has 1 saturated heterocycles. The van der Waals surface area contributed by atoms with E-state index in [0.717, 1.165) is 6.54 Å². The van der Waals surface area contributed by atoms with E-state index in [0.29, 0.717) is 37.6 Å². The molecule has 1 fully saturated rings. The molecule has 21 heavy (non-hydrogen) atoms. The van der Waals surface area contributed by atoms with Crippen LogP contribution < -0.4 is 5.32 Å². The summed E-state index contributed by atoms with van der Waals surface area (Å²) in [5.41, 5.74) is 0. The molecule has 2 rings (SSSR count). The van der Waals surface area contributed by atoms with Crippen LogP contribution in [0, 0.1) is 0 Å². The van der Waals surface area contributed by atoms with Gasteiger partial charge in [0.05, 0.1) is 11.4 Å². The second-order valence-electron chi connectivity index (χ2n) is 4.88. The number of sulfonamides is 1. The van der Waals surface area contributed by atoms with Crippen LogP contribution in [-0.4, -0.2) is 62.8 Å². The van der Waals surface area contributed by atoms with Crippen molar-refractivity contribution in [2.75, 3.05) is 39.3 Å². The maximum atomic E-state index is 12.4. The summed E-state index contributed by atoms with van der Waals surface area (Å²) < 4.78 is 26.3. The molecule has 0 atom stereocenters. The van der Waals surface area contributed by atoms with Crippen LogP contribution in [0.15, 0.2) is 35.2 Å². The summed E-state index contributed by atoms with van der Waals surface area (Å²) in [6.07, 6.45) is 0. The van der Waals surface area contributed by atoms with Crippen LogP contribution in [0.2, 0.25) is 0 Å². The van der Waals surface area contributed by atoms with Gasteiger partial charge in [0.15, 0.2) is 0 Å². The molecule has 1 aromatic carbocycles. The highest BCUT2D eigenvalue weighted by molar-refractivity contribution is 7.89. The molecule has 1 aliphatic heterocycles. The number of carbonyl (C=O) groups excluding carboxylic acids is 1. The minimum absolute atomic E-state index is 0.0219. The Bertz CT molecular complexity index is 566. The number of piperazine rings is 1. The third-order valence-corrected chi connectivity index (χ3v) is 5.41. The molecule has 0 unspecified atom stereocenters. The number of amides is 1. The van der Waals surface area contributed by atoms with Gasteiger partial charge >= 0.3 is 0 Å². The predicted octanol–water partition coefficient (Wildman–Crippen LogP) is 0.129. The fourth-order valence-electron chi connectivity index (χ4n) is 2.26. The largest absolute Gasteiger partial charge is 0.339 e. The summed E-state index contributed by atoms with van der Waals surface area (Å²) >= 11 is 0. The average Bonchev–Trinajstić information content (AvgIpc) is 2.53. The van der Waals surface area contributed by atoms with Crippen LogP contribution >= 0.6 is 0 Å². The van der Waals surface area contributed by atoms with Gasteiger partial charge in [0.25, 0.3) is 0 Å². The second kappa shape index (κ2) is 7.02. The Morgan fingerprint density at radius 1 is 1.14 bits per heavy atom. The molecule has 1 aromatic rings. The molecule has 0 radical (unpaired) electrons. The highest BCUT2D eigenvalue weighted by Gasteiger charge is 2.29. The first kappa shape index (κ1) is 15.9. The van der Waals surface area contributed by atoms with Gasteiger partial charge in [-0.25, -0.2) is 8.42 Å². The second-order valence-corrected chi connectivity index (χ2v) is 6.82. The maximum absolute atomic E-state index is 12.4. The van der Waals surface area contributed by atoms with Crippen LogP contribution in [0.1, 0.15) is 6.92 Å². The van der Waals surface area contributed by atoms with Gasteiger partial charge in [0, 0.05) is 26.2 Å². The lowest BCUT2D eigenvalue weighted by atomic mass is 10.3. The van der Waals surface area contributed by atoms with Crippen molar-refractivity contribution in [2.45, 2.75) is 11.8 Å². The fourth-order valence-corrected chi connectivity index (χ4v) is 3.71. The molecule has 1 amide bonds. The number of hydrogen-bond donors (Lipinski definition) is 1. The third-order valence-electron chi connectivity index (χ3n) is 3.50. The summed E-state index contributed by atoms with van der Waals surface area (Å²) in [5, 5.41) is 2.99. The molecule has 0 saturated carbocycles. The quantitative estimate of drug-likeness (QED) is 0.839. The van der Waals surface area contributed by atoms with Crippen LogP contribution in [0.3, 0.4) is 0 Å². The average molecular weight is 311 g/mol. The van der Waals surface area contributed by atoms with Gasteiger partial charge in [-0.2, -0.15) is 4.31 Å². The van der Waals surface area contributed by atoms with Crippen LogP contribution in [0.25, 0.3) is 0 Å².